The molecular weight excluding hydrogens is 390 g/mol. The maximum absolute atomic E-state index is 13.4. The lowest BCUT2D eigenvalue weighted by Gasteiger charge is -2.26. The highest BCUT2D eigenvalue weighted by Gasteiger charge is 2.28. The number of amides is 1. The number of nitrogens with one attached hydrogen (secondary N) is 1. The third kappa shape index (κ3) is 4.72. The minimum Gasteiger partial charge on any atom is -0.497 e. The molecule has 8 heteroatoms. The molecule has 7 nitrogen and oxygen atoms in total. The first-order chi connectivity index (χ1) is 13.9. The molecule has 1 N–H and O–H groups in total. The average Bonchev–Trinajstić information content (AvgIpc) is 2.74. The summed E-state index contributed by atoms with van der Waals surface area (Å²) in [7, 11) is -2.48. The van der Waals surface area contributed by atoms with Crippen molar-refractivity contribution in [2.24, 2.45) is 0 Å². The van der Waals surface area contributed by atoms with Crippen molar-refractivity contribution >= 4 is 27.3 Å². The summed E-state index contributed by atoms with van der Waals surface area (Å²) in [5, 5.41) is 2.70. The minimum absolute atomic E-state index is 0.0962. The maximum atomic E-state index is 13.4. The van der Waals surface area contributed by atoms with Gasteiger partial charge in [-0.3, -0.25) is 14.1 Å². The minimum atomic E-state index is -3.98. The third-order valence-corrected chi connectivity index (χ3v) is 6.04. The number of aryl methyl sites for hydroxylation is 1. The molecule has 1 heterocycles. The monoisotopic (exact) mass is 411 g/mol. The molecule has 0 radical (unpaired) electrons. The van der Waals surface area contributed by atoms with E-state index in [4.69, 9.17) is 4.74 Å². The summed E-state index contributed by atoms with van der Waals surface area (Å²) >= 11 is 0. The van der Waals surface area contributed by atoms with E-state index in [0.29, 0.717) is 22.7 Å². The maximum Gasteiger partial charge on any atom is 0.264 e. The number of pyridine rings is 1. The van der Waals surface area contributed by atoms with Crippen LogP contribution in [0.25, 0.3) is 0 Å². The molecule has 2 aromatic carbocycles. The number of carbonyl (C=O) groups is 1. The van der Waals surface area contributed by atoms with Crippen molar-refractivity contribution in [3.8, 4) is 5.75 Å². The van der Waals surface area contributed by atoms with E-state index in [0.717, 1.165) is 4.31 Å². The molecule has 3 rings (SSSR count). The van der Waals surface area contributed by atoms with E-state index in [-0.39, 0.29) is 4.90 Å². The number of methoxy groups -OCH3 is 1. The first-order valence-electron chi connectivity index (χ1n) is 8.84. The van der Waals surface area contributed by atoms with Crippen LogP contribution >= 0.6 is 0 Å². The second-order valence-corrected chi connectivity index (χ2v) is 8.12. The van der Waals surface area contributed by atoms with Crippen LogP contribution in [0.5, 0.6) is 5.75 Å². The smallest absolute Gasteiger partial charge is 0.264 e. The van der Waals surface area contributed by atoms with Crippen LogP contribution < -0.4 is 14.4 Å². The van der Waals surface area contributed by atoms with Crippen molar-refractivity contribution in [3.63, 3.8) is 0 Å². The third-order valence-electron chi connectivity index (χ3n) is 4.27. The van der Waals surface area contributed by atoms with Crippen molar-refractivity contribution in [1.29, 1.82) is 0 Å². The molecule has 0 atom stereocenters. The van der Waals surface area contributed by atoms with Gasteiger partial charge >= 0.3 is 0 Å². The molecular formula is C21H21N3O4S. The van der Waals surface area contributed by atoms with E-state index in [2.05, 4.69) is 10.3 Å². The molecule has 0 saturated heterocycles. The van der Waals surface area contributed by atoms with Gasteiger partial charge in [-0.2, -0.15) is 0 Å². The highest BCUT2D eigenvalue weighted by atomic mass is 32.2. The SMILES string of the molecule is COc1ccc(C)c(N(CC(=O)Nc2ccncc2)S(=O)(=O)c2ccccc2)c1. The van der Waals surface area contributed by atoms with Crippen molar-refractivity contribution in [2.75, 3.05) is 23.3 Å². The number of hydrogen-bond acceptors (Lipinski definition) is 5. The zero-order valence-corrected chi connectivity index (χ0v) is 16.9. The highest BCUT2D eigenvalue weighted by Crippen LogP contribution is 2.30. The number of rotatable bonds is 7. The second-order valence-electron chi connectivity index (χ2n) is 6.26. The normalized spacial score (nSPS) is 11.0. The van der Waals surface area contributed by atoms with Crippen LogP contribution in [0.4, 0.5) is 11.4 Å². The zero-order valence-electron chi connectivity index (χ0n) is 16.1. The molecule has 150 valence electrons. The first kappa shape index (κ1) is 20.3. The van der Waals surface area contributed by atoms with Crippen LogP contribution in [0.1, 0.15) is 5.56 Å². The molecule has 0 saturated carbocycles. The number of ether oxygens (including phenoxy) is 1. The number of hydrogen-bond donors (Lipinski definition) is 1. The standard InChI is InChI=1S/C21H21N3O4S/c1-16-8-9-18(28-2)14-20(16)24(29(26,27)19-6-4-3-5-7-19)15-21(25)23-17-10-12-22-13-11-17/h3-14H,15H2,1-2H3,(H,22,23,25). The molecule has 3 aromatic rings. The molecule has 1 amide bonds. The van der Waals surface area contributed by atoms with E-state index < -0.39 is 22.5 Å². The molecule has 0 spiro atoms. The molecule has 1 aromatic heterocycles. The van der Waals surface area contributed by atoms with Gasteiger partial charge in [-0.05, 0) is 42.8 Å². The number of nitrogens with zero attached hydrogens (tertiary/aromatic N) is 2. The first-order valence-corrected chi connectivity index (χ1v) is 10.3. The molecule has 0 unspecified atom stereocenters. The number of sulfonamides is 1. The van der Waals surface area contributed by atoms with Gasteiger partial charge in [0, 0.05) is 24.1 Å². The van der Waals surface area contributed by atoms with E-state index in [1.165, 1.54) is 19.2 Å². The van der Waals surface area contributed by atoms with E-state index in [9.17, 15) is 13.2 Å². The van der Waals surface area contributed by atoms with Gasteiger partial charge in [0.05, 0.1) is 17.7 Å². The van der Waals surface area contributed by atoms with Gasteiger partial charge in [-0.15, -0.1) is 0 Å². The molecule has 0 aliphatic rings. The van der Waals surface area contributed by atoms with Gasteiger partial charge in [0.15, 0.2) is 0 Å². The Morgan fingerprint density at radius 1 is 1.07 bits per heavy atom. The lowest BCUT2D eigenvalue weighted by atomic mass is 10.2. The van der Waals surface area contributed by atoms with Gasteiger partial charge in [0.25, 0.3) is 10.0 Å². The Morgan fingerprint density at radius 3 is 2.41 bits per heavy atom. The molecule has 0 fully saturated rings. The Labute approximate surface area is 170 Å². The van der Waals surface area contributed by atoms with Crippen molar-refractivity contribution in [1.82, 2.24) is 4.98 Å². The Hall–Kier alpha value is -3.39. The van der Waals surface area contributed by atoms with E-state index in [1.807, 2.05) is 0 Å². The lowest BCUT2D eigenvalue weighted by Crippen LogP contribution is -2.38. The van der Waals surface area contributed by atoms with Crippen molar-refractivity contribution in [3.05, 3.63) is 78.6 Å². The van der Waals surface area contributed by atoms with Gasteiger partial charge in [0.1, 0.15) is 12.3 Å². The van der Waals surface area contributed by atoms with Crippen molar-refractivity contribution in [2.45, 2.75) is 11.8 Å². The fourth-order valence-electron chi connectivity index (χ4n) is 2.77. The zero-order chi connectivity index (χ0) is 20.9. The molecule has 0 bridgehead atoms. The molecule has 0 aliphatic carbocycles. The van der Waals surface area contributed by atoms with Gasteiger partial charge in [-0.1, -0.05) is 24.3 Å². The van der Waals surface area contributed by atoms with Gasteiger partial charge < -0.3 is 10.1 Å². The largest absolute Gasteiger partial charge is 0.497 e. The van der Waals surface area contributed by atoms with Crippen LogP contribution in [-0.4, -0.2) is 33.0 Å². The van der Waals surface area contributed by atoms with Crippen molar-refractivity contribution < 1.29 is 17.9 Å². The topological polar surface area (TPSA) is 88.6 Å². The Balaban J connectivity index is 2.01. The fourth-order valence-corrected chi connectivity index (χ4v) is 4.27. The lowest BCUT2D eigenvalue weighted by molar-refractivity contribution is -0.114. The van der Waals surface area contributed by atoms with E-state index >= 15 is 0 Å². The fraction of sp³-hybridized carbons (Fsp3) is 0.143. The summed E-state index contributed by atoms with van der Waals surface area (Å²) in [5.41, 5.74) is 1.60. The molecule has 0 aliphatic heterocycles. The summed E-state index contributed by atoms with van der Waals surface area (Å²) in [6, 6.07) is 16.4. The van der Waals surface area contributed by atoms with E-state index in [1.54, 1.807) is 67.8 Å². The predicted octanol–water partition coefficient (Wildman–Crippen LogP) is 3.23. The highest BCUT2D eigenvalue weighted by molar-refractivity contribution is 7.92. The van der Waals surface area contributed by atoms with Crippen LogP contribution in [0.15, 0.2) is 78.0 Å². The van der Waals surface area contributed by atoms with Crippen LogP contribution in [-0.2, 0) is 14.8 Å². The Bertz CT molecular complexity index is 1090. The summed E-state index contributed by atoms with van der Waals surface area (Å²) in [5.74, 6) is 0.0197. The van der Waals surface area contributed by atoms with Crippen LogP contribution in [0.3, 0.4) is 0 Å². The van der Waals surface area contributed by atoms with Gasteiger partial charge in [-0.25, -0.2) is 8.42 Å². The summed E-state index contributed by atoms with van der Waals surface area (Å²) < 4.78 is 33.1. The molecule has 29 heavy (non-hydrogen) atoms. The van der Waals surface area contributed by atoms with Crippen LogP contribution in [0, 0.1) is 6.92 Å². The quantitative estimate of drug-likeness (QED) is 0.645. The van der Waals surface area contributed by atoms with Gasteiger partial charge in [0.2, 0.25) is 5.91 Å². The number of aromatic nitrogens is 1. The second kappa shape index (κ2) is 8.74. The Kier molecular flexibility index (Phi) is 6.13. The predicted molar refractivity (Wildman–Crippen MR) is 112 cm³/mol. The number of benzene rings is 2. The average molecular weight is 411 g/mol. The summed E-state index contributed by atoms with van der Waals surface area (Å²) in [6.07, 6.45) is 3.08. The summed E-state index contributed by atoms with van der Waals surface area (Å²) in [6.45, 7) is 1.39. The Morgan fingerprint density at radius 2 is 1.76 bits per heavy atom. The number of anilines is 2. The number of carbonyl (C=O) groups excluding carboxylic acids is 1. The summed E-state index contributed by atoms with van der Waals surface area (Å²) in [4.78, 5) is 16.7. The van der Waals surface area contributed by atoms with Crippen LogP contribution in [0.2, 0.25) is 0 Å².